The second-order valence-corrected chi connectivity index (χ2v) is 5.98. The standard InChI is InChI=1S/C17H25N3O2/c1-5-6-7-8-9-11(2)18-16(21)14-10-12(3)19-17-15(14)13(4)20-22-17/h10-11H,5-9H2,1-4H3,(H,18,21)/t11-/m0/s1. The largest absolute Gasteiger partial charge is 0.350 e. The highest BCUT2D eigenvalue weighted by molar-refractivity contribution is 6.06. The molecular weight excluding hydrogens is 278 g/mol. The summed E-state index contributed by atoms with van der Waals surface area (Å²) >= 11 is 0. The summed E-state index contributed by atoms with van der Waals surface area (Å²) in [5, 5.41) is 7.69. The lowest BCUT2D eigenvalue weighted by Gasteiger charge is -2.14. The molecule has 5 heteroatoms. The molecule has 0 radical (unpaired) electrons. The summed E-state index contributed by atoms with van der Waals surface area (Å²) in [5.74, 6) is -0.0789. The van der Waals surface area contributed by atoms with Gasteiger partial charge in [-0.15, -0.1) is 0 Å². The third-order valence-corrected chi connectivity index (χ3v) is 3.86. The average molecular weight is 303 g/mol. The Morgan fingerprint density at radius 2 is 2.09 bits per heavy atom. The Labute approximate surface area is 131 Å². The first-order chi connectivity index (χ1) is 10.5. The van der Waals surface area contributed by atoms with E-state index in [9.17, 15) is 4.79 Å². The molecule has 1 N–H and O–H groups in total. The van der Waals surface area contributed by atoms with Gasteiger partial charge in [-0.05, 0) is 33.3 Å². The third-order valence-electron chi connectivity index (χ3n) is 3.86. The fourth-order valence-electron chi connectivity index (χ4n) is 2.65. The van der Waals surface area contributed by atoms with Gasteiger partial charge in [0.15, 0.2) is 0 Å². The Hall–Kier alpha value is -1.91. The number of fused-ring (bicyclic) bond motifs is 1. The van der Waals surface area contributed by atoms with Crippen molar-refractivity contribution in [1.29, 1.82) is 0 Å². The van der Waals surface area contributed by atoms with Crippen molar-refractivity contribution >= 4 is 17.0 Å². The van der Waals surface area contributed by atoms with E-state index in [-0.39, 0.29) is 11.9 Å². The molecule has 1 atom stereocenters. The predicted molar refractivity (Wildman–Crippen MR) is 87.0 cm³/mol. The van der Waals surface area contributed by atoms with Gasteiger partial charge in [-0.1, -0.05) is 37.8 Å². The molecule has 2 aromatic heterocycles. The van der Waals surface area contributed by atoms with Crippen LogP contribution >= 0.6 is 0 Å². The maximum absolute atomic E-state index is 12.6. The van der Waals surface area contributed by atoms with E-state index in [1.807, 2.05) is 13.8 Å². The van der Waals surface area contributed by atoms with E-state index in [0.29, 0.717) is 22.4 Å². The third kappa shape index (κ3) is 3.84. The molecule has 1 amide bonds. The molecule has 0 aliphatic heterocycles. The zero-order valence-corrected chi connectivity index (χ0v) is 13.9. The van der Waals surface area contributed by atoms with E-state index < -0.39 is 0 Å². The number of unbranched alkanes of at least 4 members (excludes halogenated alkanes) is 3. The molecule has 2 rings (SSSR count). The summed E-state index contributed by atoms with van der Waals surface area (Å²) in [5.41, 5.74) is 2.48. The molecule has 0 saturated heterocycles. The van der Waals surface area contributed by atoms with Gasteiger partial charge in [-0.25, -0.2) is 4.98 Å². The number of aryl methyl sites for hydroxylation is 2. The van der Waals surface area contributed by atoms with E-state index in [0.717, 1.165) is 18.5 Å². The van der Waals surface area contributed by atoms with Gasteiger partial charge in [0.1, 0.15) is 0 Å². The van der Waals surface area contributed by atoms with Crippen molar-refractivity contribution in [3.8, 4) is 0 Å². The van der Waals surface area contributed by atoms with Crippen LogP contribution in [0.4, 0.5) is 0 Å². The molecular formula is C17H25N3O2. The number of hydrogen-bond donors (Lipinski definition) is 1. The normalized spacial score (nSPS) is 12.5. The van der Waals surface area contributed by atoms with Crippen LogP contribution in [0.3, 0.4) is 0 Å². The highest BCUT2D eigenvalue weighted by Gasteiger charge is 2.18. The van der Waals surface area contributed by atoms with Crippen LogP contribution in [0.25, 0.3) is 11.1 Å². The summed E-state index contributed by atoms with van der Waals surface area (Å²) in [6.45, 7) is 7.93. The number of aromatic nitrogens is 2. The Morgan fingerprint density at radius 3 is 2.82 bits per heavy atom. The molecule has 0 spiro atoms. The maximum Gasteiger partial charge on any atom is 0.258 e. The number of carbonyl (C=O) groups excluding carboxylic acids is 1. The van der Waals surface area contributed by atoms with Gasteiger partial charge in [0, 0.05) is 11.7 Å². The van der Waals surface area contributed by atoms with Gasteiger partial charge in [-0.2, -0.15) is 0 Å². The molecule has 0 fully saturated rings. The molecule has 2 heterocycles. The van der Waals surface area contributed by atoms with Crippen molar-refractivity contribution in [2.24, 2.45) is 0 Å². The van der Waals surface area contributed by atoms with Crippen LogP contribution in [0, 0.1) is 13.8 Å². The number of hydrogen-bond acceptors (Lipinski definition) is 4. The monoisotopic (exact) mass is 303 g/mol. The Bertz CT molecular complexity index is 649. The molecule has 0 aliphatic carbocycles. The van der Waals surface area contributed by atoms with Crippen LogP contribution in [0.2, 0.25) is 0 Å². The minimum atomic E-state index is -0.0789. The summed E-state index contributed by atoms with van der Waals surface area (Å²) in [4.78, 5) is 16.8. The van der Waals surface area contributed by atoms with Crippen molar-refractivity contribution in [2.45, 2.75) is 65.8 Å². The number of nitrogens with zero attached hydrogens (tertiary/aromatic N) is 2. The van der Waals surface area contributed by atoms with E-state index in [4.69, 9.17) is 4.52 Å². The van der Waals surface area contributed by atoms with Gasteiger partial charge < -0.3 is 9.84 Å². The van der Waals surface area contributed by atoms with Gasteiger partial charge >= 0.3 is 0 Å². The number of rotatable bonds is 7. The molecule has 22 heavy (non-hydrogen) atoms. The molecule has 5 nitrogen and oxygen atoms in total. The number of carbonyl (C=O) groups is 1. The molecule has 0 aromatic carbocycles. The minimum absolute atomic E-state index is 0.0789. The van der Waals surface area contributed by atoms with Crippen LogP contribution in [0.15, 0.2) is 10.6 Å². The summed E-state index contributed by atoms with van der Waals surface area (Å²) in [7, 11) is 0. The Balaban J connectivity index is 2.08. The topological polar surface area (TPSA) is 68.0 Å². The first-order valence-electron chi connectivity index (χ1n) is 8.07. The van der Waals surface area contributed by atoms with E-state index >= 15 is 0 Å². The lowest BCUT2D eigenvalue weighted by Crippen LogP contribution is -2.32. The van der Waals surface area contributed by atoms with Crippen LogP contribution in [-0.2, 0) is 0 Å². The first kappa shape index (κ1) is 16.5. The summed E-state index contributed by atoms with van der Waals surface area (Å²) in [6, 6.07) is 1.96. The highest BCUT2D eigenvalue weighted by atomic mass is 16.5. The van der Waals surface area contributed by atoms with Crippen LogP contribution in [0.5, 0.6) is 0 Å². The quantitative estimate of drug-likeness (QED) is 0.787. The second-order valence-electron chi connectivity index (χ2n) is 5.98. The van der Waals surface area contributed by atoms with Crippen LogP contribution in [-0.4, -0.2) is 22.1 Å². The second kappa shape index (κ2) is 7.38. The van der Waals surface area contributed by atoms with E-state index in [2.05, 4.69) is 29.3 Å². The van der Waals surface area contributed by atoms with Crippen molar-refractivity contribution in [3.63, 3.8) is 0 Å². The zero-order valence-electron chi connectivity index (χ0n) is 13.9. The summed E-state index contributed by atoms with van der Waals surface area (Å²) < 4.78 is 5.18. The average Bonchev–Trinajstić information content (AvgIpc) is 2.84. The molecule has 2 aromatic rings. The van der Waals surface area contributed by atoms with Crippen molar-refractivity contribution < 1.29 is 9.32 Å². The van der Waals surface area contributed by atoms with Crippen LogP contribution in [0.1, 0.15) is 67.7 Å². The van der Waals surface area contributed by atoms with Crippen LogP contribution < -0.4 is 5.32 Å². The van der Waals surface area contributed by atoms with E-state index in [1.165, 1.54) is 19.3 Å². The number of amides is 1. The smallest absolute Gasteiger partial charge is 0.258 e. The van der Waals surface area contributed by atoms with Gasteiger partial charge in [0.25, 0.3) is 11.6 Å². The highest BCUT2D eigenvalue weighted by Crippen LogP contribution is 2.22. The fraction of sp³-hybridized carbons (Fsp3) is 0.588. The van der Waals surface area contributed by atoms with E-state index in [1.54, 1.807) is 6.07 Å². The van der Waals surface area contributed by atoms with Crippen molar-refractivity contribution in [1.82, 2.24) is 15.5 Å². The molecule has 0 bridgehead atoms. The fourth-order valence-corrected chi connectivity index (χ4v) is 2.65. The molecule has 0 unspecified atom stereocenters. The maximum atomic E-state index is 12.6. The number of nitrogens with one attached hydrogen (secondary N) is 1. The van der Waals surface area contributed by atoms with Gasteiger partial charge in [-0.3, -0.25) is 4.79 Å². The minimum Gasteiger partial charge on any atom is -0.350 e. The SMILES string of the molecule is CCCCCC[C@H](C)NC(=O)c1cc(C)nc2onc(C)c12. The lowest BCUT2D eigenvalue weighted by atomic mass is 10.1. The lowest BCUT2D eigenvalue weighted by molar-refractivity contribution is 0.0939. The predicted octanol–water partition coefficient (Wildman–Crippen LogP) is 3.93. The first-order valence-corrected chi connectivity index (χ1v) is 8.07. The van der Waals surface area contributed by atoms with Crippen molar-refractivity contribution in [3.05, 3.63) is 23.0 Å². The number of pyridine rings is 1. The zero-order chi connectivity index (χ0) is 16.1. The summed E-state index contributed by atoms with van der Waals surface area (Å²) in [6.07, 6.45) is 5.85. The Kier molecular flexibility index (Phi) is 5.52. The Morgan fingerprint density at radius 1 is 1.32 bits per heavy atom. The van der Waals surface area contributed by atoms with Gasteiger partial charge in [0.2, 0.25) is 0 Å². The molecule has 120 valence electrons. The molecule has 0 saturated carbocycles. The van der Waals surface area contributed by atoms with Gasteiger partial charge in [0.05, 0.1) is 16.6 Å². The molecule has 0 aliphatic rings. The van der Waals surface area contributed by atoms with Crippen molar-refractivity contribution in [2.75, 3.05) is 0 Å².